The average molecular weight is 250 g/mol. The van der Waals surface area contributed by atoms with Crippen molar-refractivity contribution in [2.24, 2.45) is 0 Å². The third kappa shape index (κ3) is 2.64. The number of aliphatic hydroxyl groups is 1. The number of aliphatic hydroxyl groups excluding tert-OH is 1. The maximum absolute atomic E-state index is 11.5. The van der Waals surface area contributed by atoms with Crippen LogP contribution in [0.25, 0.3) is 0 Å². The molecule has 0 amide bonds. The number of ether oxygens (including phenoxy) is 2. The summed E-state index contributed by atoms with van der Waals surface area (Å²) in [7, 11) is 1.60. The van der Waals surface area contributed by atoms with Gasteiger partial charge in [0, 0.05) is 0 Å². The monoisotopic (exact) mass is 250 g/mol. The van der Waals surface area contributed by atoms with E-state index < -0.39 is 12.1 Å². The van der Waals surface area contributed by atoms with Gasteiger partial charge in [0.15, 0.2) is 6.10 Å². The zero-order valence-electron chi connectivity index (χ0n) is 10.7. The number of hydrogen-bond donors (Lipinski definition) is 1. The van der Waals surface area contributed by atoms with Gasteiger partial charge in [0.05, 0.1) is 13.7 Å². The Balaban J connectivity index is 2.20. The maximum Gasteiger partial charge on any atom is 0.339 e. The van der Waals surface area contributed by atoms with Crippen molar-refractivity contribution >= 4 is 5.97 Å². The summed E-state index contributed by atoms with van der Waals surface area (Å²) >= 11 is 0. The standard InChI is InChI=1S/C14H18O4/c1-3-18-14(16)13(15)10-6-7-11(9-4-5-9)12(8-10)17-2/h6-9,13,15H,3-5H2,1-2H3. The van der Waals surface area contributed by atoms with Gasteiger partial charge in [-0.25, -0.2) is 4.79 Å². The highest BCUT2D eigenvalue weighted by Crippen LogP contribution is 2.44. The van der Waals surface area contributed by atoms with Crippen molar-refractivity contribution in [3.8, 4) is 5.75 Å². The van der Waals surface area contributed by atoms with Gasteiger partial charge < -0.3 is 14.6 Å². The van der Waals surface area contributed by atoms with E-state index in [1.165, 1.54) is 12.8 Å². The second-order valence-corrected chi connectivity index (χ2v) is 4.43. The molecule has 0 bridgehead atoms. The Morgan fingerprint density at radius 1 is 1.50 bits per heavy atom. The molecule has 1 atom stereocenters. The summed E-state index contributed by atoms with van der Waals surface area (Å²) in [5, 5.41) is 9.86. The van der Waals surface area contributed by atoms with Gasteiger partial charge in [0.25, 0.3) is 0 Å². The first-order chi connectivity index (χ1) is 8.67. The number of esters is 1. The van der Waals surface area contributed by atoms with E-state index in [9.17, 15) is 9.90 Å². The molecule has 1 saturated carbocycles. The molecular weight excluding hydrogens is 232 g/mol. The van der Waals surface area contributed by atoms with Gasteiger partial charge >= 0.3 is 5.97 Å². The lowest BCUT2D eigenvalue weighted by Gasteiger charge is -2.13. The van der Waals surface area contributed by atoms with Crippen molar-refractivity contribution in [1.82, 2.24) is 0 Å². The SMILES string of the molecule is CCOC(=O)C(O)c1ccc(C2CC2)c(OC)c1. The van der Waals surface area contributed by atoms with Crippen LogP contribution in [0, 0.1) is 0 Å². The molecule has 1 aliphatic carbocycles. The van der Waals surface area contributed by atoms with E-state index in [4.69, 9.17) is 9.47 Å². The Hall–Kier alpha value is -1.55. The van der Waals surface area contributed by atoms with E-state index in [0.29, 0.717) is 11.5 Å². The zero-order chi connectivity index (χ0) is 13.1. The highest BCUT2D eigenvalue weighted by Gasteiger charge is 2.28. The number of carbonyl (C=O) groups is 1. The Bertz CT molecular complexity index is 437. The maximum atomic E-state index is 11.5. The summed E-state index contributed by atoms with van der Waals surface area (Å²) in [4.78, 5) is 11.5. The zero-order valence-corrected chi connectivity index (χ0v) is 10.7. The smallest absolute Gasteiger partial charge is 0.339 e. The molecule has 0 aliphatic heterocycles. The quantitative estimate of drug-likeness (QED) is 0.814. The molecule has 1 aromatic carbocycles. The minimum Gasteiger partial charge on any atom is -0.496 e. The van der Waals surface area contributed by atoms with Gasteiger partial charge in [-0.3, -0.25) is 0 Å². The third-order valence-corrected chi connectivity index (χ3v) is 3.10. The Morgan fingerprint density at radius 3 is 2.78 bits per heavy atom. The minimum absolute atomic E-state index is 0.257. The second kappa shape index (κ2) is 5.40. The number of methoxy groups -OCH3 is 1. The highest BCUT2D eigenvalue weighted by molar-refractivity contribution is 5.76. The number of hydrogen-bond acceptors (Lipinski definition) is 4. The van der Waals surface area contributed by atoms with Crippen molar-refractivity contribution in [2.75, 3.05) is 13.7 Å². The first-order valence-corrected chi connectivity index (χ1v) is 6.20. The van der Waals surface area contributed by atoms with Crippen LogP contribution >= 0.6 is 0 Å². The molecule has 98 valence electrons. The molecule has 1 aromatic rings. The number of carbonyl (C=O) groups excluding carboxylic acids is 1. The van der Waals surface area contributed by atoms with E-state index in [1.54, 1.807) is 26.2 Å². The van der Waals surface area contributed by atoms with Gasteiger partial charge in [-0.15, -0.1) is 0 Å². The van der Waals surface area contributed by atoms with Crippen LogP contribution in [0.15, 0.2) is 18.2 Å². The number of benzene rings is 1. The highest BCUT2D eigenvalue weighted by atomic mass is 16.5. The first kappa shape index (κ1) is 12.9. The molecule has 0 heterocycles. The lowest BCUT2D eigenvalue weighted by molar-refractivity contribution is -0.153. The Kier molecular flexibility index (Phi) is 3.87. The average Bonchev–Trinajstić information content (AvgIpc) is 3.21. The van der Waals surface area contributed by atoms with Crippen LogP contribution in [0.4, 0.5) is 0 Å². The van der Waals surface area contributed by atoms with E-state index in [1.807, 2.05) is 6.07 Å². The summed E-state index contributed by atoms with van der Waals surface area (Å²) in [6.45, 7) is 1.97. The molecule has 4 heteroatoms. The van der Waals surface area contributed by atoms with E-state index >= 15 is 0 Å². The molecule has 0 aromatic heterocycles. The Morgan fingerprint density at radius 2 is 2.22 bits per heavy atom. The normalized spacial score (nSPS) is 16.2. The topological polar surface area (TPSA) is 55.8 Å². The van der Waals surface area contributed by atoms with Crippen molar-refractivity contribution in [2.45, 2.75) is 31.8 Å². The molecule has 1 aliphatic rings. The molecule has 1 fully saturated rings. The largest absolute Gasteiger partial charge is 0.496 e. The van der Waals surface area contributed by atoms with Crippen LogP contribution in [0.1, 0.15) is 42.9 Å². The predicted octanol–water partition coefficient (Wildman–Crippen LogP) is 2.17. The minimum atomic E-state index is -1.24. The summed E-state index contributed by atoms with van der Waals surface area (Å²) in [6.07, 6.45) is 1.11. The lowest BCUT2D eigenvalue weighted by atomic mass is 10.0. The molecule has 0 radical (unpaired) electrons. The molecule has 4 nitrogen and oxygen atoms in total. The van der Waals surface area contributed by atoms with Crippen LogP contribution in [0.3, 0.4) is 0 Å². The van der Waals surface area contributed by atoms with Crippen molar-refractivity contribution in [3.63, 3.8) is 0 Å². The fourth-order valence-electron chi connectivity index (χ4n) is 1.99. The van der Waals surface area contributed by atoms with Gasteiger partial charge in [0.2, 0.25) is 0 Å². The summed E-state index contributed by atoms with van der Waals surface area (Å²) < 4.78 is 10.1. The summed E-state index contributed by atoms with van der Waals surface area (Å²) in [5.74, 6) is 0.672. The fourth-order valence-corrected chi connectivity index (χ4v) is 1.99. The molecule has 18 heavy (non-hydrogen) atoms. The molecular formula is C14H18O4. The Labute approximate surface area is 107 Å². The van der Waals surface area contributed by atoms with Gasteiger partial charge in [0.1, 0.15) is 5.75 Å². The third-order valence-electron chi connectivity index (χ3n) is 3.10. The van der Waals surface area contributed by atoms with Crippen LogP contribution < -0.4 is 4.74 Å². The van der Waals surface area contributed by atoms with Crippen LogP contribution in [0.5, 0.6) is 5.75 Å². The van der Waals surface area contributed by atoms with Crippen LogP contribution in [-0.2, 0) is 9.53 Å². The van der Waals surface area contributed by atoms with Crippen LogP contribution in [0.2, 0.25) is 0 Å². The lowest BCUT2D eigenvalue weighted by Crippen LogP contribution is -2.15. The molecule has 0 spiro atoms. The second-order valence-electron chi connectivity index (χ2n) is 4.43. The first-order valence-electron chi connectivity index (χ1n) is 6.20. The van der Waals surface area contributed by atoms with Gasteiger partial charge in [-0.1, -0.05) is 12.1 Å². The van der Waals surface area contributed by atoms with E-state index in [0.717, 1.165) is 11.3 Å². The predicted molar refractivity (Wildman–Crippen MR) is 66.6 cm³/mol. The number of rotatable bonds is 5. The fraction of sp³-hybridized carbons (Fsp3) is 0.500. The molecule has 0 saturated heterocycles. The summed E-state index contributed by atoms with van der Waals surface area (Å²) in [6, 6.07) is 5.40. The molecule has 1 N–H and O–H groups in total. The van der Waals surface area contributed by atoms with Crippen molar-refractivity contribution < 1.29 is 19.4 Å². The van der Waals surface area contributed by atoms with Crippen LogP contribution in [-0.4, -0.2) is 24.8 Å². The molecule has 1 unspecified atom stereocenters. The van der Waals surface area contributed by atoms with Gasteiger partial charge in [-0.05, 0) is 42.9 Å². The van der Waals surface area contributed by atoms with E-state index in [-0.39, 0.29) is 6.61 Å². The van der Waals surface area contributed by atoms with Crippen molar-refractivity contribution in [3.05, 3.63) is 29.3 Å². The summed E-state index contributed by atoms with van der Waals surface area (Å²) in [5.41, 5.74) is 1.66. The van der Waals surface area contributed by atoms with Crippen molar-refractivity contribution in [1.29, 1.82) is 0 Å². The molecule has 2 rings (SSSR count). The van der Waals surface area contributed by atoms with E-state index in [2.05, 4.69) is 0 Å². The van der Waals surface area contributed by atoms with Gasteiger partial charge in [-0.2, -0.15) is 0 Å².